The highest BCUT2D eigenvalue weighted by Crippen LogP contribution is 2.47. The summed E-state index contributed by atoms with van der Waals surface area (Å²) in [7, 11) is 0. The molecule has 0 aromatic carbocycles. The fourth-order valence-electron chi connectivity index (χ4n) is 1.29. The lowest BCUT2D eigenvalue weighted by Gasteiger charge is -2.16. The van der Waals surface area contributed by atoms with Crippen LogP contribution in [0.1, 0.15) is 0 Å². The third kappa shape index (κ3) is 1.31. The SMILES string of the molecule is c1cc2c(cn1)Sc1cnccc1S2. The van der Waals surface area contributed by atoms with Crippen molar-refractivity contribution in [3.8, 4) is 0 Å². The van der Waals surface area contributed by atoms with E-state index in [0.717, 1.165) is 0 Å². The summed E-state index contributed by atoms with van der Waals surface area (Å²) < 4.78 is 0. The fourth-order valence-corrected chi connectivity index (χ4v) is 3.40. The van der Waals surface area contributed by atoms with Crippen molar-refractivity contribution < 1.29 is 0 Å². The van der Waals surface area contributed by atoms with Gasteiger partial charge in [-0.15, -0.1) is 0 Å². The van der Waals surface area contributed by atoms with Gasteiger partial charge in [0, 0.05) is 44.4 Å². The van der Waals surface area contributed by atoms with Crippen molar-refractivity contribution in [1.82, 2.24) is 9.97 Å². The molecule has 2 nitrogen and oxygen atoms in total. The number of rotatable bonds is 0. The van der Waals surface area contributed by atoms with Crippen LogP contribution in [-0.2, 0) is 0 Å². The molecule has 4 heteroatoms. The first-order valence-electron chi connectivity index (χ1n) is 4.17. The van der Waals surface area contributed by atoms with E-state index in [-0.39, 0.29) is 0 Å². The maximum Gasteiger partial charge on any atom is 0.0446 e. The highest BCUT2D eigenvalue weighted by Gasteiger charge is 2.15. The van der Waals surface area contributed by atoms with Gasteiger partial charge in [0.15, 0.2) is 0 Å². The Balaban J connectivity index is 2.12. The number of hydrogen-bond donors (Lipinski definition) is 0. The highest BCUT2D eigenvalue weighted by molar-refractivity contribution is 8.05. The van der Waals surface area contributed by atoms with Crippen molar-refractivity contribution >= 4 is 23.5 Å². The Kier molecular flexibility index (Phi) is 1.96. The molecule has 3 heterocycles. The zero-order valence-corrected chi connectivity index (χ0v) is 8.81. The van der Waals surface area contributed by atoms with Crippen molar-refractivity contribution in [1.29, 1.82) is 0 Å². The molecule has 0 atom stereocenters. The monoisotopic (exact) mass is 218 g/mol. The van der Waals surface area contributed by atoms with Crippen LogP contribution in [0.25, 0.3) is 0 Å². The molecule has 0 saturated heterocycles. The van der Waals surface area contributed by atoms with Crippen molar-refractivity contribution in [3.63, 3.8) is 0 Å². The maximum atomic E-state index is 4.12. The molecule has 0 N–H and O–H groups in total. The molecule has 0 fully saturated rings. The summed E-state index contributed by atoms with van der Waals surface area (Å²) in [5, 5.41) is 0. The molecule has 2 aromatic heterocycles. The molecule has 0 radical (unpaired) electrons. The van der Waals surface area contributed by atoms with Crippen molar-refractivity contribution in [2.45, 2.75) is 19.6 Å². The first-order valence-corrected chi connectivity index (χ1v) is 5.80. The molecule has 0 unspecified atom stereocenters. The van der Waals surface area contributed by atoms with Crippen LogP contribution in [0.2, 0.25) is 0 Å². The molecule has 2 aromatic rings. The van der Waals surface area contributed by atoms with Gasteiger partial charge in [0.1, 0.15) is 0 Å². The van der Waals surface area contributed by atoms with E-state index in [9.17, 15) is 0 Å². The quantitative estimate of drug-likeness (QED) is 0.579. The second-order valence-corrected chi connectivity index (χ2v) is 5.02. The Bertz CT molecular complexity index is 398. The summed E-state index contributed by atoms with van der Waals surface area (Å²) in [6.07, 6.45) is 7.48. The molecule has 0 aliphatic carbocycles. The summed E-state index contributed by atoms with van der Waals surface area (Å²) in [6, 6.07) is 4.10. The average molecular weight is 218 g/mol. The average Bonchev–Trinajstić information content (AvgIpc) is 2.26. The minimum atomic E-state index is 1.22. The molecule has 1 aliphatic heterocycles. The lowest BCUT2D eigenvalue weighted by atomic mass is 10.5. The number of fused-ring (bicyclic) bond motifs is 2. The second-order valence-electron chi connectivity index (χ2n) is 2.85. The van der Waals surface area contributed by atoms with Crippen LogP contribution in [0, 0.1) is 0 Å². The van der Waals surface area contributed by atoms with Gasteiger partial charge in [0.05, 0.1) is 0 Å². The first kappa shape index (κ1) is 8.32. The van der Waals surface area contributed by atoms with Gasteiger partial charge >= 0.3 is 0 Å². The molecule has 0 saturated carbocycles. The summed E-state index contributed by atoms with van der Waals surface area (Å²) in [5.74, 6) is 0. The predicted octanol–water partition coefficient (Wildman–Crippen LogP) is 3.09. The van der Waals surface area contributed by atoms with E-state index in [0.29, 0.717) is 0 Å². The third-order valence-electron chi connectivity index (χ3n) is 1.93. The minimum absolute atomic E-state index is 1.22. The van der Waals surface area contributed by atoms with E-state index in [1.165, 1.54) is 19.6 Å². The largest absolute Gasteiger partial charge is 0.263 e. The van der Waals surface area contributed by atoms with E-state index >= 15 is 0 Å². The molecule has 68 valence electrons. The summed E-state index contributed by atoms with van der Waals surface area (Å²) in [5.41, 5.74) is 0. The molecule has 0 amide bonds. The Morgan fingerprint density at radius 3 is 1.79 bits per heavy atom. The first-order chi connectivity index (χ1) is 6.93. The van der Waals surface area contributed by atoms with Crippen LogP contribution in [0.4, 0.5) is 0 Å². The topological polar surface area (TPSA) is 25.8 Å². The molecule has 0 bridgehead atoms. The summed E-state index contributed by atoms with van der Waals surface area (Å²) >= 11 is 3.52. The standard InChI is InChI=1S/C10H6N2S2/c1-3-11-5-9-7(1)13-8-2-4-12-6-10(8)14-9/h1-6H. The molecular weight excluding hydrogens is 212 g/mol. The van der Waals surface area contributed by atoms with Gasteiger partial charge in [-0.1, -0.05) is 23.5 Å². The van der Waals surface area contributed by atoms with Gasteiger partial charge in [-0.2, -0.15) is 0 Å². The van der Waals surface area contributed by atoms with Gasteiger partial charge < -0.3 is 0 Å². The third-order valence-corrected chi connectivity index (χ3v) is 4.43. The van der Waals surface area contributed by atoms with E-state index in [1.54, 1.807) is 23.5 Å². The van der Waals surface area contributed by atoms with Crippen molar-refractivity contribution in [2.24, 2.45) is 0 Å². The molecular formula is C10H6N2S2. The van der Waals surface area contributed by atoms with Crippen molar-refractivity contribution in [3.05, 3.63) is 36.9 Å². The van der Waals surface area contributed by atoms with Crippen LogP contribution in [-0.4, -0.2) is 9.97 Å². The molecule has 0 spiro atoms. The minimum Gasteiger partial charge on any atom is -0.263 e. The Morgan fingerprint density at radius 1 is 0.714 bits per heavy atom. The van der Waals surface area contributed by atoms with Gasteiger partial charge in [-0.3, -0.25) is 9.97 Å². The number of hydrogen-bond acceptors (Lipinski definition) is 4. The van der Waals surface area contributed by atoms with E-state index < -0.39 is 0 Å². The van der Waals surface area contributed by atoms with Crippen LogP contribution >= 0.6 is 23.5 Å². The highest BCUT2D eigenvalue weighted by atomic mass is 32.2. The van der Waals surface area contributed by atoms with E-state index in [4.69, 9.17) is 0 Å². The summed E-state index contributed by atoms with van der Waals surface area (Å²) in [6.45, 7) is 0. The lowest BCUT2D eigenvalue weighted by molar-refractivity contribution is 1.07. The summed E-state index contributed by atoms with van der Waals surface area (Å²) in [4.78, 5) is 13.2. The Morgan fingerprint density at radius 2 is 1.21 bits per heavy atom. The number of aromatic nitrogens is 2. The number of pyridine rings is 2. The molecule has 14 heavy (non-hydrogen) atoms. The predicted molar refractivity (Wildman–Crippen MR) is 56.7 cm³/mol. The smallest absolute Gasteiger partial charge is 0.0446 e. The Hall–Kier alpha value is -1.00. The van der Waals surface area contributed by atoms with Gasteiger partial charge in [0.2, 0.25) is 0 Å². The number of nitrogens with zero attached hydrogens (tertiary/aromatic N) is 2. The van der Waals surface area contributed by atoms with Crippen LogP contribution in [0.3, 0.4) is 0 Å². The van der Waals surface area contributed by atoms with E-state index in [1.807, 2.05) is 24.8 Å². The van der Waals surface area contributed by atoms with Crippen molar-refractivity contribution in [2.75, 3.05) is 0 Å². The second kappa shape index (κ2) is 3.29. The van der Waals surface area contributed by atoms with Gasteiger partial charge in [-0.05, 0) is 12.1 Å². The maximum absolute atomic E-state index is 4.12. The Labute approximate surface area is 90.2 Å². The fraction of sp³-hybridized carbons (Fsp3) is 0. The van der Waals surface area contributed by atoms with Gasteiger partial charge in [0.25, 0.3) is 0 Å². The normalized spacial score (nSPS) is 13.1. The molecule has 3 rings (SSSR count). The van der Waals surface area contributed by atoms with Gasteiger partial charge in [-0.25, -0.2) is 0 Å². The van der Waals surface area contributed by atoms with Crippen LogP contribution in [0.5, 0.6) is 0 Å². The van der Waals surface area contributed by atoms with Crippen LogP contribution in [0.15, 0.2) is 56.5 Å². The molecule has 1 aliphatic rings. The lowest BCUT2D eigenvalue weighted by Crippen LogP contribution is -1.90. The zero-order chi connectivity index (χ0) is 9.38. The van der Waals surface area contributed by atoms with Crippen LogP contribution < -0.4 is 0 Å². The van der Waals surface area contributed by atoms with E-state index in [2.05, 4.69) is 22.1 Å². The zero-order valence-electron chi connectivity index (χ0n) is 7.18.